The molecule has 1 fully saturated rings. The van der Waals surface area contributed by atoms with Crippen molar-refractivity contribution in [2.45, 2.75) is 84.0 Å². The van der Waals surface area contributed by atoms with E-state index in [9.17, 15) is 4.79 Å². The monoisotopic (exact) mass is 361 g/mol. The van der Waals surface area contributed by atoms with E-state index in [1.165, 1.54) is 5.56 Å². The molecule has 0 unspecified atom stereocenters. The van der Waals surface area contributed by atoms with Gasteiger partial charge in [-0.3, -0.25) is 4.79 Å². The molecule has 3 nitrogen and oxygen atoms in total. The maximum atomic E-state index is 12.5. The molecular formula is C21H35NO2Si. The molecule has 1 aliphatic rings. The number of amides is 1. The van der Waals surface area contributed by atoms with Crippen molar-refractivity contribution in [2.24, 2.45) is 0 Å². The van der Waals surface area contributed by atoms with E-state index in [-0.39, 0.29) is 22.4 Å². The topological polar surface area (TPSA) is 29.5 Å². The Balaban J connectivity index is 2.14. The minimum Gasteiger partial charge on any atom is -0.415 e. The number of anilines is 1. The lowest BCUT2D eigenvalue weighted by molar-refractivity contribution is -0.117. The molecule has 0 spiro atoms. The Hall–Kier alpha value is -1.13. The molecule has 4 heteroatoms. The lowest BCUT2D eigenvalue weighted by atomic mass is 9.87. The Bertz CT molecular complexity index is 608. The average Bonchev–Trinajstić information content (AvgIpc) is 2.84. The first-order valence-corrected chi connectivity index (χ1v) is 12.3. The zero-order valence-electron chi connectivity index (χ0n) is 17.3. The highest BCUT2D eigenvalue weighted by molar-refractivity contribution is 6.74. The maximum Gasteiger partial charge on any atom is 0.227 e. The molecule has 1 saturated heterocycles. The zero-order valence-corrected chi connectivity index (χ0v) is 18.3. The van der Waals surface area contributed by atoms with Gasteiger partial charge in [-0.05, 0) is 47.7 Å². The molecule has 2 rings (SSSR count). The Morgan fingerprint density at radius 3 is 2.12 bits per heavy atom. The predicted molar refractivity (Wildman–Crippen MR) is 109 cm³/mol. The Morgan fingerprint density at radius 2 is 1.64 bits per heavy atom. The van der Waals surface area contributed by atoms with Crippen LogP contribution in [0.5, 0.6) is 0 Å². The van der Waals surface area contributed by atoms with Crippen molar-refractivity contribution in [3.8, 4) is 0 Å². The van der Waals surface area contributed by atoms with Crippen LogP contribution < -0.4 is 4.90 Å². The smallest absolute Gasteiger partial charge is 0.227 e. The van der Waals surface area contributed by atoms with E-state index < -0.39 is 8.32 Å². The van der Waals surface area contributed by atoms with Gasteiger partial charge in [-0.25, -0.2) is 0 Å². The number of hydrogen-bond donors (Lipinski definition) is 0. The highest BCUT2D eigenvalue weighted by Crippen LogP contribution is 2.37. The van der Waals surface area contributed by atoms with Gasteiger partial charge in [0.05, 0.1) is 12.6 Å². The standard InChI is InChI=1S/C21H35NO2Si/c1-20(2,3)16-9-11-17(12-10-16)22-18(13-14-19(22)23)15-24-25(7,8)21(4,5)6/h9-12,18H,13-15H2,1-8H3/t18-/m1/s1. The van der Waals surface area contributed by atoms with Gasteiger partial charge in [0.1, 0.15) is 0 Å². The van der Waals surface area contributed by atoms with Crippen LogP contribution in [0, 0.1) is 0 Å². The largest absolute Gasteiger partial charge is 0.415 e. The van der Waals surface area contributed by atoms with Crippen LogP contribution in [0.1, 0.15) is 59.9 Å². The summed E-state index contributed by atoms with van der Waals surface area (Å²) in [6.07, 6.45) is 1.50. The predicted octanol–water partition coefficient (Wildman–Crippen LogP) is 5.50. The van der Waals surface area contributed by atoms with Gasteiger partial charge >= 0.3 is 0 Å². The van der Waals surface area contributed by atoms with Crippen LogP contribution in [0.15, 0.2) is 24.3 Å². The molecule has 1 heterocycles. The van der Waals surface area contributed by atoms with E-state index in [1.54, 1.807) is 0 Å². The SMILES string of the molecule is CC(C)(C)c1ccc(N2C(=O)CC[C@@H]2CO[Si](C)(C)C(C)(C)C)cc1. The second-order valence-corrected chi connectivity index (χ2v) is 14.6. The van der Waals surface area contributed by atoms with Gasteiger partial charge in [0.25, 0.3) is 0 Å². The third-order valence-corrected chi connectivity index (χ3v) is 10.3. The third kappa shape index (κ3) is 4.53. The molecule has 1 aliphatic heterocycles. The fraction of sp³-hybridized carbons (Fsp3) is 0.667. The summed E-state index contributed by atoms with van der Waals surface area (Å²) < 4.78 is 6.40. The van der Waals surface area contributed by atoms with Crippen molar-refractivity contribution < 1.29 is 9.22 Å². The molecule has 0 N–H and O–H groups in total. The highest BCUT2D eigenvalue weighted by atomic mass is 28.4. The van der Waals surface area contributed by atoms with Crippen molar-refractivity contribution >= 4 is 19.9 Å². The number of rotatable bonds is 4. The number of carbonyl (C=O) groups is 1. The van der Waals surface area contributed by atoms with Crippen LogP contribution in [0.2, 0.25) is 18.1 Å². The van der Waals surface area contributed by atoms with Crippen LogP contribution >= 0.6 is 0 Å². The van der Waals surface area contributed by atoms with Crippen LogP contribution in [0.25, 0.3) is 0 Å². The van der Waals surface area contributed by atoms with Gasteiger partial charge < -0.3 is 9.33 Å². The molecule has 1 amide bonds. The van der Waals surface area contributed by atoms with E-state index in [2.05, 4.69) is 78.9 Å². The summed E-state index contributed by atoms with van der Waals surface area (Å²) in [7, 11) is -1.80. The van der Waals surface area contributed by atoms with Crippen molar-refractivity contribution in [1.82, 2.24) is 0 Å². The third-order valence-electron chi connectivity index (χ3n) is 5.78. The first kappa shape index (κ1) is 20.2. The van der Waals surface area contributed by atoms with E-state index in [0.29, 0.717) is 13.0 Å². The van der Waals surface area contributed by atoms with E-state index in [0.717, 1.165) is 12.1 Å². The zero-order chi connectivity index (χ0) is 19.0. The summed E-state index contributed by atoms with van der Waals surface area (Å²) in [4.78, 5) is 14.4. The van der Waals surface area contributed by atoms with Gasteiger partial charge in [-0.1, -0.05) is 53.7 Å². The molecule has 1 aromatic rings. The number of benzene rings is 1. The molecule has 25 heavy (non-hydrogen) atoms. The van der Waals surface area contributed by atoms with Crippen LogP contribution in [-0.2, 0) is 14.6 Å². The number of hydrogen-bond acceptors (Lipinski definition) is 2. The number of carbonyl (C=O) groups excluding carboxylic acids is 1. The highest BCUT2D eigenvalue weighted by Gasteiger charge is 2.40. The lowest BCUT2D eigenvalue weighted by Crippen LogP contribution is -2.45. The average molecular weight is 362 g/mol. The molecule has 1 aromatic carbocycles. The lowest BCUT2D eigenvalue weighted by Gasteiger charge is -2.38. The van der Waals surface area contributed by atoms with Gasteiger partial charge in [-0.15, -0.1) is 0 Å². The van der Waals surface area contributed by atoms with Crippen molar-refractivity contribution in [2.75, 3.05) is 11.5 Å². The first-order valence-electron chi connectivity index (χ1n) is 9.39. The second-order valence-electron chi connectivity index (χ2n) is 9.82. The molecular weight excluding hydrogens is 326 g/mol. The Morgan fingerprint density at radius 1 is 1.08 bits per heavy atom. The summed E-state index contributed by atoms with van der Waals surface area (Å²) in [5.74, 6) is 0.215. The summed E-state index contributed by atoms with van der Waals surface area (Å²) in [5, 5.41) is 0.189. The molecule has 0 radical (unpaired) electrons. The Kier molecular flexibility index (Phi) is 5.55. The summed E-state index contributed by atoms with van der Waals surface area (Å²) in [6.45, 7) is 18.6. The molecule has 0 bridgehead atoms. The van der Waals surface area contributed by atoms with Crippen molar-refractivity contribution in [1.29, 1.82) is 0 Å². The van der Waals surface area contributed by atoms with Crippen LogP contribution in [0.3, 0.4) is 0 Å². The molecule has 0 saturated carbocycles. The molecule has 1 atom stereocenters. The van der Waals surface area contributed by atoms with Crippen molar-refractivity contribution in [3.05, 3.63) is 29.8 Å². The maximum absolute atomic E-state index is 12.5. The van der Waals surface area contributed by atoms with Gasteiger partial charge in [0, 0.05) is 12.1 Å². The molecule has 140 valence electrons. The van der Waals surface area contributed by atoms with Gasteiger partial charge in [-0.2, -0.15) is 0 Å². The van der Waals surface area contributed by atoms with E-state index >= 15 is 0 Å². The van der Waals surface area contributed by atoms with E-state index in [1.807, 2.05) is 4.90 Å². The summed E-state index contributed by atoms with van der Waals surface area (Å²) >= 11 is 0. The Labute approximate surface area is 154 Å². The van der Waals surface area contributed by atoms with Crippen LogP contribution in [0.4, 0.5) is 5.69 Å². The fourth-order valence-electron chi connectivity index (χ4n) is 2.90. The summed E-state index contributed by atoms with van der Waals surface area (Å²) in [5.41, 5.74) is 2.41. The minimum atomic E-state index is -1.80. The molecule has 0 aromatic heterocycles. The van der Waals surface area contributed by atoms with Gasteiger partial charge in [0.15, 0.2) is 8.32 Å². The fourth-order valence-corrected chi connectivity index (χ4v) is 3.94. The number of nitrogens with zero attached hydrogens (tertiary/aromatic N) is 1. The van der Waals surface area contributed by atoms with Crippen molar-refractivity contribution in [3.63, 3.8) is 0 Å². The van der Waals surface area contributed by atoms with Crippen LogP contribution in [-0.4, -0.2) is 26.9 Å². The quantitative estimate of drug-likeness (QED) is 0.663. The first-order chi connectivity index (χ1) is 11.3. The minimum absolute atomic E-state index is 0.123. The second kappa shape index (κ2) is 6.88. The normalized spacial score (nSPS) is 19.6. The summed E-state index contributed by atoms with van der Waals surface area (Å²) in [6, 6.07) is 8.62. The van der Waals surface area contributed by atoms with E-state index in [4.69, 9.17) is 4.43 Å². The van der Waals surface area contributed by atoms with Gasteiger partial charge in [0.2, 0.25) is 5.91 Å². The molecule has 0 aliphatic carbocycles.